The third kappa shape index (κ3) is 3.94. The molecular formula is C22H23FN6O. The van der Waals surface area contributed by atoms with Crippen molar-refractivity contribution in [1.82, 2.24) is 29.5 Å². The lowest BCUT2D eigenvalue weighted by Crippen LogP contribution is -2.12. The Hall–Kier alpha value is -3.55. The Morgan fingerprint density at radius 1 is 1.07 bits per heavy atom. The maximum atomic E-state index is 14.6. The van der Waals surface area contributed by atoms with Crippen molar-refractivity contribution < 1.29 is 9.13 Å². The van der Waals surface area contributed by atoms with E-state index in [2.05, 4.69) is 40.9 Å². The molecule has 3 heterocycles. The summed E-state index contributed by atoms with van der Waals surface area (Å²) in [6.07, 6.45) is 5.19. The first kappa shape index (κ1) is 19.8. The number of ether oxygens (including phenoxy) is 1. The zero-order valence-corrected chi connectivity index (χ0v) is 17.6. The summed E-state index contributed by atoms with van der Waals surface area (Å²) in [5.41, 5.74) is 3.37. The van der Waals surface area contributed by atoms with Crippen molar-refractivity contribution in [2.24, 2.45) is 14.1 Å². The molecule has 0 aliphatic heterocycles. The molecule has 4 rings (SSSR count). The first-order valence-electron chi connectivity index (χ1n) is 9.55. The van der Waals surface area contributed by atoms with E-state index in [-0.39, 0.29) is 17.2 Å². The van der Waals surface area contributed by atoms with E-state index in [0.717, 1.165) is 11.3 Å². The monoisotopic (exact) mass is 406 g/mol. The zero-order valence-electron chi connectivity index (χ0n) is 17.6. The standard InChI is InChI=1S/C22H23FN6O/c1-22(2,3)20-11-19(29(5)27-20)16-10-15(6-7-17(16)23)30-21-24-9-8-18(26-21)14-12-25-28(4)13-14/h6-13H,1-5H3. The van der Waals surface area contributed by atoms with Gasteiger partial charge in [-0.3, -0.25) is 9.36 Å². The number of aryl methyl sites for hydroxylation is 2. The fraction of sp³-hybridized carbons (Fsp3) is 0.273. The predicted octanol–water partition coefficient (Wildman–Crippen LogP) is 4.51. The Balaban J connectivity index is 1.66. The van der Waals surface area contributed by atoms with Crippen LogP contribution in [-0.4, -0.2) is 29.5 Å². The maximum absolute atomic E-state index is 14.6. The van der Waals surface area contributed by atoms with E-state index < -0.39 is 0 Å². The van der Waals surface area contributed by atoms with Crippen molar-refractivity contribution in [3.05, 3.63) is 60.4 Å². The van der Waals surface area contributed by atoms with E-state index in [1.807, 2.05) is 19.3 Å². The lowest BCUT2D eigenvalue weighted by Gasteiger charge is -2.13. The average molecular weight is 406 g/mol. The molecular weight excluding hydrogens is 383 g/mol. The smallest absolute Gasteiger partial charge is 0.322 e. The lowest BCUT2D eigenvalue weighted by molar-refractivity contribution is 0.441. The van der Waals surface area contributed by atoms with Crippen LogP contribution in [-0.2, 0) is 19.5 Å². The Morgan fingerprint density at radius 3 is 2.53 bits per heavy atom. The van der Waals surface area contributed by atoms with Gasteiger partial charge in [0.2, 0.25) is 0 Å². The van der Waals surface area contributed by atoms with Gasteiger partial charge in [0.25, 0.3) is 0 Å². The second-order valence-electron chi connectivity index (χ2n) is 8.16. The fourth-order valence-corrected chi connectivity index (χ4v) is 3.06. The highest BCUT2D eigenvalue weighted by atomic mass is 19.1. The molecule has 1 aromatic carbocycles. The predicted molar refractivity (Wildman–Crippen MR) is 112 cm³/mol. The molecule has 0 N–H and O–H groups in total. The molecule has 30 heavy (non-hydrogen) atoms. The highest BCUT2D eigenvalue weighted by molar-refractivity contribution is 5.63. The second-order valence-corrected chi connectivity index (χ2v) is 8.16. The summed E-state index contributed by atoms with van der Waals surface area (Å²) in [6, 6.07) is 8.43. The van der Waals surface area contributed by atoms with Gasteiger partial charge in [-0.15, -0.1) is 0 Å². The minimum absolute atomic E-state index is 0.138. The summed E-state index contributed by atoms with van der Waals surface area (Å²) >= 11 is 0. The Bertz CT molecular complexity index is 1200. The van der Waals surface area contributed by atoms with Gasteiger partial charge < -0.3 is 4.74 Å². The molecule has 0 bridgehead atoms. The van der Waals surface area contributed by atoms with Crippen LogP contribution >= 0.6 is 0 Å². The normalized spacial score (nSPS) is 11.7. The van der Waals surface area contributed by atoms with Gasteiger partial charge >= 0.3 is 6.01 Å². The first-order valence-corrected chi connectivity index (χ1v) is 9.55. The summed E-state index contributed by atoms with van der Waals surface area (Å²) in [6.45, 7) is 6.21. The Kier molecular flexibility index (Phi) is 4.85. The van der Waals surface area contributed by atoms with Crippen molar-refractivity contribution in [2.75, 3.05) is 0 Å². The first-order chi connectivity index (χ1) is 14.2. The molecule has 3 aromatic heterocycles. The van der Waals surface area contributed by atoms with Crippen molar-refractivity contribution in [1.29, 1.82) is 0 Å². The minimum Gasteiger partial charge on any atom is -0.424 e. The van der Waals surface area contributed by atoms with Crippen molar-refractivity contribution in [3.63, 3.8) is 0 Å². The number of hydrogen-bond acceptors (Lipinski definition) is 5. The molecule has 0 spiro atoms. The largest absolute Gasteiger partial charge is 0.424 e. The average Bonchev–Trinajstić information content (AvgIpc) is 3.29. The third-order valence-corrected chi connectivity index (χ3v) is 4.71. The molecule has 0 radical (unpaired) electrons. The number of halogens is 1. The van der Waals surface area contributed by atoms with Crippen LogP contribution in [0.5, 0.6) is 11.8 Å². The van der Waals surface area contributed by atoms with E-state index >= 15 is 0 Å². The Morgan fingerprint density at radius 2 is 1.87 bits per heavy atom. The van der Waals surface area contributed by atoms with E-state index in [9.17, 15) is 4.39 Å². The highest BCUT2D eigenvalue weighted by Crippen LogP contribution is 2.32. The molecule has 0 aliphatic rings. The minimum atomic E-state index is -0.351. The van der Waals surface area contributed by atoms with Crippen LogP contribution in [0.2, 0.25) is 0 Å². The quantitative estimate of drug-likeness (QED) is 0.499. The third-order valence-electron chi connectivity index (χ3n) is 4.71. The van der Waals surface area contributed by atoms with Crippen molar-refractivity contribution in [2.45, 2.75) is 26.2 Å². The highest BCUT2D eigenvalue weighted by Gasteiger charge is 2.21. The summed E-state index contributed by atoms with van der Waals surface area (Å²) in [5.74, 6) is 0.0871. The molecule has 0 saturated heterocycles. The van der Waals surface area contributed by atoms with Crippen LogP contribution in [0.3, 0.4) is 0 Å². The van der Waals surface area contributed by atoms with Gasteiger partial charge in [-0.25, -0.2) is 9.37 Å². The van der Waals surface area contributed by atoms with E-state index in [1.54, 1.807) is 47.0 Å². The summed E-state index contributed by atoms with van der Waals surface area (Å²) in [5, 5.41) is 8.69. The summed E-state index contributed by atoms with van der Waals surface area (Å²) in [7, 11) is 3.64. The number of rotatable bonds is 4. The molecule has 0 amide bonds. The molecule has 0 fully saturated rings. The van der Waals surface area contributed by atoms with Crippen LogP contribution in [0, 0.1) is 5.82 Å². The molecule has 0 aliphatic carbocycles. The zero-order chi connectivity index (χ0) is 21.5. The van der Waals surface area contributed by atoms with E-state index in [0.29, 0.717) is 22.7 Å². The molecule has 4 aromatic rings. The number of nitrogens with zero attached hydrogens (tertiary/aromatic N) is 6. The molecule has 8 heteroatoms. The van der Waals surface area contributed by atoms with Crippen LogP contribution in [0.1, 0.15) is 26.5 Å². The summed E-state index contributed by atoms with van der Waals surface area (Å²) in [4.78, 5) is 8.61. The van der Waals surface area contributed by atoms with Crippen molar-refractivity contribution in [3.8, 4) is 34.3 Å². The topological polar surface area (TPSA) is 70.7 Å². The SMILES string of the molecule is Cn1cc(-c2ccnc(Oc3ccc(F)c(-c4cc(C(C)(C)C)nn4C)c3)n2)cn1. The van der Waals surface area contributed by atoms with Gasteiger partial charge in [-0.2, -0.15) is 15.2 Å². The summed E-state index contributed by atoms with van der Waals surface area (Å²) < 4.78 is 23.8. The van der Waals surface area contributed by atoms with Gasteiger partial charge in [-0.05, 0) is 30.3 Å². The maximum Gasteiger partial charge on any atom is 0.322 e. The van der Waals surface area contributed by atoms with E-state index in [1.165, 1.54) is 6.07 Å². The molecule has 0 unspecified atom stereocenters. The molecule has 7 nitrogen and oxygen atoms in total. The van der Waals surface area contributed by atoms with Crippen LogP contribution in [0.15, 0.2) is 48.9 Å². The molecule has 0 saturated carbocycles. The Labute approximate surface area is 174 Å². The van der Waals surface area contributed by atoms with Crippen LogP contribution in [0.25, 0.3) is 22.5 Å². The lowest BCUT2D eigenvalue weighted by atomic mass is 9.92. The van der Waals surface area contributed by atoms with Gasteiger partial charge in [0.15, 0.2) is 0 Å². The van der Waals surface area contributed by atoms with E-state index in [4.69, 9.17) is 4.74 Å². The van der Waals surface area contributed by atoms with Gasteiger partial charge in [0.05, 0.1) is 23.3 Å². The molecule has 154 valence electrons. The molecule has 0 atom stereocenters. The second kappa shape index (κ2) is 7.37. The van der Waals surface area contributed by atoms with Crippen LogP contribution in [0.4, 0.5) is 4.39 Å². The van der Waals surface area contributed by atoms with Crippen LogP contribution < -0.4 is 4.74 Å². The van der Waals surface area contributed by atoms with Gasteiger partial charge in [0.1, 0.15) is 11.6 Å². The van der Waals surface area contributed by atoms with Crippen molar-refractivity contribution >= 4 is 0 Å². The fourth-order valence-electron chi connectivity index (χ4n) is 3.06. The number of aromatic nitrogens is 6. The van der Waals surface area contributed by atoms with Gasteiger partial charge in [0, 0.05) is 43.0 Å². The number of benzene rings is 1. The number of hydrogen-bond donors (Lipinski definition) is 0. The van der Waals surface area contributed by atoms with Gasteiger partial charge in [-0.1, -0.05) is 20.8 Å².